The molecular formula is C18H20BrNO2S. The minimum atomic E-state index is -0.0535. The summed E-state index contributed by atoms with van der Waals surface area (Å²) in [7, 11) is 1.63. The van der Waals surface area contributed by atoms with Crippen LogP contribution in [0.4, 0.5) is 0 Å². The number of aryl methyl sites for hydroxylation is 1. The molecule has 0 bridgehead atoms. The lowest BCUT2D eigenvalue weighted by Gasteiger charge is -2.16. The SMILES string of the molecule is COc1ccc([C@@H](C)NC(=O)CSc2ccccc2C)cc1Br. The number of rotatable bonds is 6. The van der Waals surface area contributed by atoms with E-state index in [1.807, 2.05) is 43.3 Å². The van der Waals surface area contributed by atoms with E-state index in [-0.39, 0.29) is 11.9 Å². The van der Waals surface area contributed by atoms with Crippen molar-refractivity contribution in [3.63, 3.8) is 0 Å². The first-order valence-electron chi connectivity index (χ1n) is 7.32. The zero-order valence-electron chi connectivity index (χ0n) is 13.4. The Morgan fingerprint density at radius 1 is 1.30 bits per heavy atom. The molecule has 0 saturated heterocycles. The van der Waals surface area contributed by atoms with Gasteiger partial charge in [0.05, 0.1) is 23.4 Å². The maximum Gasteiger partial charge on any atom is 0.230 e. The van der Waals surface area contributed by atoms with Crippen molar-refractivity contribution in [2.45, 2.75) is 24.8 Å². The molecule has 0 aliphatic rings. The van der Waals surface area contributed by atoms with Crippen molar-refractivity contribution in [1.29, 1.82) is 0 Å². The number of methoxy groups -OCH3 is 1. The highest BCUT2D eigenvalue weighted by Crippen LogP contribution is 2.28. The Kier molecular flexibility index (Phi) is 6.54. The average molecular weight is 394 g/mol. The molecule has 1 amide bonds. The number of halogens is 1. The van der Waals surface area contributed by atoms with Crippen LogP contribution >= 0.6 is 27.7 Å². The van der Waals surface area contributed by atoms with Gasteiger partial charge in [0.25, 0.3) is 0 Å². The molecule has 0 aromatic heterocycles. The summed E-state index contributed by atoms with van der Waals surface area (Å²) in [4.78, 5) is 13.3. The van der Waals surface area contributed by atoms with Gasteiger partial charge in [0, 0.05) is 4.90 Å². The minimum absolute atomic E-state index is 0.0256. The number of benzene rings is 2. The minimum Gasteiger partial charge on any atom is -0.496 e. The van der Waals surface area contributed by atoms with Gasteiger partial charge in [-0.15, -0.1) is 11.8 Å². The number of ether oxygens (including phenoxy) is 1. The average Bonchev–Trinajstić information content (AvgIpc) is 2.54. The highest BCUT2D eigenvalue weighted by molar-refractivity contribution is 9.10. The van der Waals surface area contributed by atoms with E-state index in [2.05, 4.69) is 34.2 Å². The maximum atomic E-state index is 12.2. The second-order valence-corrected chi connectivity index (χ2v) is 7.11. The first kappa shape index (κ1) is 17.9. The molecule has 0 radical (unpaired) electrons. The van der Waals surface area contributed by atoms with Crippen molar-refractivity contribution in [1.82, 2.24) is 5.32 Å². The van der Waals surface area contributed by atoms with Crippen molar-refractivity contribution in [2.75, 3.05) is 12.9 Å². The van der Waals surface area contributed by atoms with E-state index in [0.717, 1.165) is 20.7 Å². The van der Waals surface area contributed by atoms with E-state index in [1.54, 1.807) is 18.9 Å². The fourth-order valence-electron chi connectivity index (χ4n) is 2.18. The Labute approximate surface area is 149 Å². The summed E-state index contributed by atoms with van der Waals surface area (Å²) in [6.07, 6.45) is 0. The number of carbonyl (C=O) groups is 1. The van der Waals surface area contributed by atoms with Gasteiger partial charge in [-0.25, -0.2) is 0 Å². The molecule has 5 heteroatoms. The van der Waals surface area contributed by atoms with Gasteiger partial charge in [0.15, 0.2) is 0 Å². The Morgan fingerprint density at radius 3 is 2.70 bits per heavy atom. The zero-order valence-corrected chi connectivity index (χ0v) is 15.8. The van der Waals surface area contributed by atoms with E-state index in [1.165, 1.54) is 5.56 Å². The predicted octanol–water partition coefficient (Wildman–Crippen LogP) is 4.74. The summed E-state index contributed by atoms with van der Waals surface area (Å²) in [6, 6.07) is 13.9. The van der Waals surface area contributed by atoms with Crippen molar-refractivity contribution in [3.8, 4) is 5.75 Å². The second-order valence-electron chi connectivity index (χ2n) is 5.24. The molecule has 23 heavy (non-hydrogen) atoms. The number of carbonyl (C=O) groups excluding carboxylic acids is 1. The normalized spacial score (nSPS) is 11.8. The Balaban J connectivity index is 1.92. The molecule has 1 N–H and O–H groups in total. The summed E-state index contributed by atoms with van der Waals surface area (Å²) in [6.45, 7) is 4.03. The number of thioether (sulfide) groups is 1. The highest BCUT2D eigenvalue weighted by Gasteiger charge is 2.12. The molecule has 2 rings (SSSR count). The largest absolute Gasteiger partial charge is 0.496 e. The molecule has 0 aliphatic carbocycles. The van der Waals surface area contributed by atoms with Crippen molar-refractivity contribution < 1.29 is 9.53 Å². The fraction of sp³-hybridized carbons (Fsp3) is 0.278. The maximum absolute atomic E-state index is 12.2. The topological polar surface area (TPSA) is 38.3 Å². The van der Waals surface area contributed by atoms with Crippen LogP contribution in [-0.2, 0) is 4.79 Å². The summed E-state index contributed by atoms with van der Waals surface area (Å²) < 4.78 is 6.10. The van der Waals surface area contributed by atoms with Crippen LogP contribution in [0.25, 0.3) is 0 Å². The molecule has 0 aliphatic heterocycles. The summed E-state index contributed by atoms with van der Waals surface area (Å²) >= 11 is 5.03. The third kappa shape index (κ3) is 5.01. The summed E-state index contributed by atoms with van der Waals surface area (Å²) in [5.41, 5.74) is 2.23. The Bertz CT molecular complexity index is 690. The molecule has 0 heterocycles. The summed E-state index contributed by atoms with van der Waals surface area (Å²) in [5.74, 6) is 1.21. The lowest BCUT2D eigenvalue weighted by Crippen LogP contribution is -2.28. The molecular weight excluding hydrogens is 374 g/mol. The van der Waals surface area contributed by atoms with Crippen LogP contribution in [0.2, 0.25) is 0 Å². The molecule has 1 atom stereocenters. The fourth-order valence-corrected chi connectivity index (χ4v) is 3.58. The standard InChI is InChI=1S/C18H20BrNO2S/c1-12-6-4-5-7-17(12)23-11-18(21)20-13(2)14-8-9-16(22-3)15(19)10-14/h4-10,13H,11H2,1-3H3,(H,20,21)/t13-/m1/s1. The quantitative estimate of drug-likeness (QED) is 0.720. The van der Waals surface area contributed by atoms with E-state index >= 15 is 0 Å². The van der Waals surface area contributed by atoms with Crippen LogP contribution in [0.15, 0.2) is 51.8 Å². The van der Waals surface area contributed by atoms with Gasteiger partial charge in [0.2, 0.25) is 5.91 Å². The smallest absolute Gasteiger partial charge is 0.230 e. The predicted molar refractivity (Wildman–Crippen MR) is 99.2 cm³/mol. The van der Waals surface area contributed by atoms with Crippen molar-refractivity contribution in [2.24, 2.45) is 0 Å². The van der Waals surface area contributed by atoms with Gasteiger partial charge in [-0.05, 0) is 59.1 Å². The van der Waals surface area contributed by atoms with Gasteiger partial charge in [-0.2, -0.15) is 0 Å². The van der Waals surface area contributed by atoms with E-state index in [4.69, 9.17) is 4.74 Å². The van der Waals surface area contributed by atoms with E-state index in [0.29, 0.717) is 5.75 Å². The third-order valence-electron chi connectivity index (χ3n) is 3.51. The van der Waals surface area contributed by atoms with Crippen LogP contribution in [0, 0.1) is 6.92 Å². The van der Waals surface area contributed by atoms with E-state index < -0.39 is 0 Å². The Hall–Kier alpha value is -1.46. The molecule has 2 aromatic carbocycles. The van der Waals surface area contributed by atoms with Gasteiger partial charge in [0.1, 0.15) is 5.75 Å². The molecule has 3 nitrogen and oxygen atoms in total. The van der Waals surface area contributed by atoms with Gasteiger partial charge in [-0.1, -0.05) is 24.3 Å². The van der Waals surface area contributed by atoms with Gasteiger partial charge >= 0.3 is 0 Å². The van der Waals surface area contributed by atoms with Crippen LogP contribution in [0.5, 0.6) is 5.75 Å². The first-order chi connectivity index (χ1) is 11.0. The van der Waals surface area contributed by atoms with Crippen molar-refractivity contribution >= 4 is 33.6 Å². The second kappa shape index (κ2) is 8.41. The molecule has 0 spiro atoms. The van der Waals surface area contributed by atoms with Gasteiger partial charge in [-0.3, -0.25) is 4.79 Å². The van der Waals surface area contributed by atoms with Crippen LogP contribution in [0.3, 0.4) is 0 Å². The molecule has 122 valence electrons. The lowest BCUT2D eigenvalue weighted by molar-refractivity contribution is -0.119. The number of hydrogen-bond acceptors (Lipinski definition) is 3. The molecule has 0 fully saturated rings. The third-order valence-corrected chi connectivity index (χ3v) is 5.30. The van der Waals surface area contributed by atoms with E-state index in [9.17, 15) is 4.79 Å². The molecule has 2 aromatic rings. The lowest BCUT2D eigenvalue weighted by atomic mass is 10.1. The monoisotopic (exact) mass is 393 g/mol. The van der Waals surface area contributed by atoms with Crippen LogP contribution in [-0.4, -0.2) is 18.8 Å². The number of nitrogens with one attached hydrogen (secondary N) is 1. The van der Waals surface area contributed by atoms with Crippen molar-refractivity contribution in [3.05, 3.63) is 58.1 Å². The molecule has 0 unspecified atom stereocenters. The van der Waals surface area contributed by atoms with Crippen LogP contribution in [0.1, 0.15) is 24.1 Å². The number of amides is 1. The highest BCUT2D eigenvalue weighted by atomic mass is 79.9. The first-order valence-corrected chi connectivity index (χ1v) is 9.10. The van der Waals surface area contributed by atoms with Gasteiger partial charge < -0.3 is 10.1 Å². The van der Waals surface area contributed by atoms with Crippen LogP contribution < -0.4 is 10.1 Å². The summed E-state index contributed by atoms with van der Waals surface area (Å²) in [5, 5.41) is 3.03. The number of hydrogen-bond donors (Lipinski definition) is 1. The molecule has 0 saturated carbocycles. The Morgan fingerprint density at radius 2 is 2.04 bits per heavy atom. The zero-order chi connectivity index (χ0) is 16.8.